The maximum atomic E-state index is 13.5. The molecule has 1 unspecified atom stereocenters. The van der Waals surface area contributed by atoms with E-state index < -0.39 is 0 Å². The van der Waals surface area contributed by atoms with Gasteiger partial charge >= 0.3 is 0 Å². The van der Waals surface area contributed by atoms with Crippen molar-refractivity contribution in [2.24, 2.45) is 5.92 Å². The molecule has 1 aliphatic carbocycles. The van der Waals surface area contributed by atoms with Gasteiger partial charge in [0.1, 0.15) is 5.82 Å². The van der Waals surface area contributed by atoms with E-state index in [0.717, 1.165) is 27.7 Å². The molecule has 0 radical (unpaired) electrons. The number of hydrogen-bond acceptors (Lipinski definition) is 3. The topological polar surface area (TPSA) is 60.9 Å². The van der Waals surface area contributed by atoms with Crippen LogP contribution in [0.2, 0.25) is 0 Å². The number of aromatic nitrogens is 2. The van der Waals surface area contributed by atoms with Crippen LogP contribution >= 0.6 is 11.6 Å². The Balaban J connectivity index is 2.35. The average Bonchev–Trinajstić information content (AvgIpc) is 2.59. The summed E-state index contributed by atoms with van der Waals surface area (Å²) in [6.45, 7) is 12.1. The second-order valence-electron chi connectivity index (χ2n) is 7.74. The van der Waals surface area contributed by atoms with Crippen molar-refractivity contribution in [3.8, 4) is 0 Å². The smallest absolute Gasteiger partial charge is 0.265 e. The maximum Gasteiger partial charge on any atom is 0.265 e. The number of allylic oxidation sites excluding steroid dienone is 5. The molecule has 0 saturated heterocycles. The molecule has 0 spiro atoms. The van der Waals surface area contributed by atoms with Gasteiger partial charge < -0.3 is 5.73 Å². The number of benzene rings is 1. The molecule has 142 valence electrons. The molecule has 0 saturated carbocycles. The third-order valence-electron chi connectivity index (χ3n) is 4.91. The zero-order chi connectivity index (χ0) is 19.9. The Morgan fingerprint density at radius 2 is 2.11 bits per heavy atom. The van der Waals surface area contributed by atoms with Crippen LogP contribution < -0.4 is 11.3 Å². The van der Waals surface area contributed by atoms with E-state index in [1.54, 1.807) is 16.7 Å². The van der Waals surface area contributed by atoms with Gasteiger partial charge in [-0.15, -0.1) is 0 Å². The van der Waals surface area contributed by atoms with Gasteiger partial charge in [0, 0.05) is 27.9 Å². The van der Waals surface area contributed by atoms with E-state index in [0.29, 0.717) is 29.4 Å². The number of anilines is 1. The summed E-state index contributed by atoms with van der Waals surface area (Å²) in [6.07, 6.45) is 5.11. The van der Waals surface area contributed by atoms with Crippen LogP contribution in [0.5, 0.6) is 0 Å². The van der Waals surface area contributed by atoms with Gasteiger partial charge in [-0.1, -0.05) is 44.5 Å². The zero-order valence-electron chi connectivity index (χ0n) is 16.3. The Kier molecular flexibility index (Phi) is 5.29. The summed E-state index contributed by atoms with van der Waals surface area (Å²) in [5.74, 6) is 1.00. The van der Waals surface area contributed by atoms with Gasteiger partial charge in [0.25, 0.3) is 5.56 Å². The Bertz CT molecular complexity index is 1040. The van der Waals surface area contributed by atoms with Gasteiger partial charge in [0.2, 0.25) is 0 Å². The van der Waals surface area contributed by atoms with Gasteiger partial charge in [0.15, 0.2) is 0 Å². The number of nitrogens with zero attached hydrogens (tertiary/aromatic N) is 2. The highest BCUT2D eigenvalue weighted by atomic mass is 35.5. The Labute approximate surface area is 165 Å². The lowest BCUT2D eigenvalue weighted by Gasteiger charge is -2.23. The normalized spacial score (nSPS) is 17.2. The van der Waals surface area contributed by atoms with Crippen LogP contribution in [0.4, 0.5) is 5.69 Å². The molecule has 5 heteroatoms. The van der Waals surface area contributed by atoms with E-state index in [9.17, 15) is 4.79 Å². The molecule has 4 nitrogen and oxygen atoms in total. The highest BCUT2D eigenvalue weighted by Crippen LogP contribution is 2.32. The zero-order valence-corrected chi connectivity index (χ0v) is 17.1. The summed E-state index contributed by atoms with van der Waals surface area (Å²) in [5, 5.41) is 1.39. The fourth-order valence-electron chi connectivity index (χ4n) is 3.48. The number of rotatable bonds is 4. The monoisotopic (exact) mass is 383 g/mol. The SMILES string of the molecule is C=C(C)Cc1c(N)ccc2c(=O)n(C3=CC=C(Cl)C(C)C3)c(C(C)C)nc12. The predicted octanol–water partition coefficient (Wildman–Crippen LogP) is 5.22. The number of hydrogen-bond donors (Lipinski definition) is 1. The van der Waals surface area contributed by atoms with Gasteiger partial charge in [-0.25, -0.2) is 4.98 Å². The lowest BCUT2D eigenvalue weighted by Crippen LogP contribution is -2.27. The molecule has 0 amide bonds. The first-order valence-electron chi connectivity index (χ1n) is 9.25. The highest BCUT2D eigenvalue weighted by Gasteiger charge is 2.22. The molecule has 3 rings (SSSR count). The van der Waals surface area contributed by atoms with Crippen LogP contribution in [0.25, 0.3) is 16.6 Å². The quantitative estimate of drug-likeness (QED) is 0.581. The third kappa shape index (κ3) is 3.59. The minimum atomic E-state index is -0.0588. The molecule has 1 aromatic heterocycles. The van der Waals surface area contributed by atoms with Crippen LogP contribution in [0.15, 0.2) is 46.3 Å². The number of nitrogens with two attached hydrogens (primary N) is 1. The third-order valence-corrected chi connectivity index (χ3v) is 5.41. The van der Waals surface area contributed by atoms with Crippen molar-refractivity contribution in [3.05, 3.63) is 63.2 Å². The summed E-state index contributed by atoms with van der Waals surface area (Å²) in [5.41, 5.74) is 10.2. The van der Waals surface area contributed by atoms with Gasteiger partial charge in [-0.05, 0) is 50.0 Å². The molecule has 1 aromatic carbocycles. The molecule has 0 fully saturated rings. The van der Waals surface area contributed by atoms with Crippen LogP contribution in [0.3, 0.4) is 0 Å². The fraction of sp³-hybridized carbons (Fsp3) is 0.364. The van der Waals surface area contributed by atoms with Crippen molar-refractivity contribution in [1.29, 1.82) is 0 Å². The average molecular weight is 384 g/mol. The summed E-state index contributed by atoms with van der Waals surface area (Å²) in [6, 6.07) is 3.57. The minimum absolute atomic E-state index is 0.0588. The minimum Gasteiger partial charge on any atom is -0.398 e. The second-order valence-corrected chi connectivity index (χ2v) is 8.18. The second kappa shape index (κ2) is 7.35. The van der Waals surface area contributed by atoms with Crippen molar-refractivity contribution in [2.45, 2.75) is 46.5 Å². The standard InChI is InChI=1S/C22H26ClN3O/c1-12(2)10-17-19(24)9-7-16-20(17)25-21(13(3)4)26(22(16)27)15-6-8-18(23)14(5)11-15/h6-9,13-14H,1,10-11,24H2,2-5H3. The molecule has 1 aliphatic rings. The maximum absolute atomic E-state index is 13.5. The number of halogens is 1. The summed E-state index contributed by atoms with van der Waals surface area (Å²) in [7, 11) is 0. The van der Waals surface area contributed by atoms with Crippen molar-refractivity contribution >= 4 is 33.9 Å². The predicted molar refractivity (Wildman–Crippen MR) is 115 cm³/mol. The molecule has 27 heavy (non-hydrogen) atoms. The van der Waals surface area contributed by atoms with Crippen molar-refractivity contribution in [3.63, 3.8) is 0 Å². The lowest BCUT2D eigenvalue weighted by molar-refractivity contribution is 0.668. The van der Waals surface area contributed by atoms with E-state index in [-0.39, 0.29) is 17.4 Å². The lowest BCUT2D eigenvalue weighted by atomic mass is 9.98. The summed E-state index contributed by atoms with van der Waals surface area (Å²) >= 11 is 6.24. The Morgan fingerprint density at radius 3 is 2.70 bits per heavy atom. The van der Waals surface area contributed by atoms with E-state index in [1.165, 1.54) is 0 Å². The van der Waals surface area contributed by atoms with Crippen molar-refractivity contribution in [1.82, 2.24) is 9.55 Å². The van der Waals surface area contributed by atoms with Crippen LogP contribution in [-0.4, -0.2) is 9.55 Å². The van der Waals surface area contributed by atoms with Crippen molar-refractivity contribution < 1.29 is 0 Å². The van der Waals surface area contributed by atoms with Crippen LogP contribution in [0.1, 0.15) is 51.4 Å². The molecule has 1 heterocycles. The largest absolute Gasteiger partial charge is 0.398 e. The van der Waals surface area contributed by atoms with E-state index in [2.05, 4.69) is 13.5 Å². The van der Waals surface area contributed by atoms with E-state index >= 15 is 0 Å². The van der Waals surface area contributed by atoms with E-state index in [4.69, 9.17) is 22.3 Å². The van der Waals surface area contributed by atoms with Crippen LogP contribution in [-0.2, 0) is 6.42 Å². The molecule has 1 atom stereocenters. The first-order valence-corrected chi connectivity index (χ1v) is 9.63. The van der Waals surface area contributed by atoms with Gasteiger partial charge in [-0.3, -0.25) is 9.36 Å². The number of nitrogen functional groups attached to an aromatic ring is 1. The Hall–Kier alpha value is -2.33. The molecule has 0 bridgehead atoms. The molecular weight excluding hydrogens is 358 g/mol. The van der Waals surface area contributed by atoms with Gasteiger partial charge in [-0.2, -0.15) is 0 Å². The summed E-state index contributed by atoms with van der Waals surface area (Å²) in [4.78, 5) is 18.4. The first-order chi connectivity index (χ1) is 12.7. The molecule has 2 N–H and O–H groups in total. The van der Waals surface area contributed by atoms with Crippen molar-refractivity contribution in [2.75, 3.05) is 5.73 Å². The molecular formula is C22H26ClN3O. The van der Waals surface area contributed by atoms with E-state index in [1.807, 2.05) is 32.9 Å². The fourth-order valence-corrected chi connectivity index (χ4v) is 3.62. The molecule has 2 aromatic rings. The highest BCUT2D eigenvalue weighted by molar-refractivity contribution is 6.30. The van der Waals surface area contributed by atoms with Gasteiger partial charge in [0.05, 0.1) is 10.9 Å². The Morgan fingerprint density at radius 1 is 1.41 bits per heavy atom. The van der Waals surface area contributed by atoms with Crippen LogP contribution in [0, 0.1) is 5.92 Å². The first kappa shape index (κ1) is 19.4. The molecule has 0 aliphatic heterocycles. The number of fused-ring (bicyclic) bond motifs is 1. The summed E-state index contributed by atoms with van der Waals surface area (Å²) < 4.78 is 1.75.